The predicted octanol–water partition coefficient (Wildman–Crippen LogP) is 2.94. The Labute approximate surface area is 162 Å². The van der Waals surface area contributed by atoms with Gasteiger partial charge in [0.2, 0.25) is 5.89 Å². The van der Waals surface area contributed by atoms with E-state index < -0.39 is 11.6 Å². The van der Waals surface area contributed by atoms with Gasteiger partial charge in [-0.3, -0.25) is 9.69 Å². The lowest BCUT2D eigenvalue weighted by Crippen LogP contribution is -2.40. The number of carbonyl (C=O) groups is 2. The number of hydrogen-bond acceptors (Lipinski definition) is 5. The molecule has 1 fully saturated rings. The largest absolute Gasteiger partial charge is 0.337 e. The Morgan fingerprint density at radius 2 is 1.79 bits per heavy atom. The molecule has 0 spiro atoms. The normalized spacial score (nSPS) is 19.1. The molecule has 0 saturated carbocycles. The summed E-state index contributed by atoms with van der Waals surface area (Å²) in [5.74, 6) is 0.390. The van der Waals surface area contributed by atoms with Crippen LogP contribution >= 0.6 is 0 Å². The lowest BCUT2D eigenvalue weighted by atomic mass is 9.91. The number of nitrogens with zero attached hydrogens (tertiary/aromatic N) is 3. The van der Waals surface area contributed by atoms with Gasteiger partial charge in [0.05, 0.1) is 0 Å². The maximum atomic E-state index is 13.0. The summed E-state index contributed by atoms with van der Waals surface area (Å²) in [7, 11) is 0. The smallest absolute Gasteiger partial charge is 0.325 e. The molecule has 0 radical (unpaired) electrons. The lowest BCUT2D eigenvalue weighted by Gasteiger charge is -2.22. The van der Waals surface area contributed by atoms with E-state index in [1.54, 1.807) is 6.92 Å². The highest BCUT2D eigenvalue weighted by molar-refractivity contribution is 6.07. The second-order valence-corrected chi connectivity index (χ2v) is 7.08. The third kappa shape index (κ3) is 3.26. The fourth-order valence-corrected chi connectivity index (χ4v) is 3.26. The van der Waals surface area contributed by atoms with E-state index >= 15 is 0 Å². The van der Waals surface area contributed by atoms with E-state index in [4.69, 9.17) is 4.52 Å². The van der Waals surface area contributed by atoms with Crippen molar-refractivity contribution in [3.8, 4) is 0 Å². The van der Waals surface area contributed by atoms with Crippen molar-refractivity contribution in [2.24, 2.45) is 0 Å². The molecule has 142 valence electrons. The molecule has 3 amide bonds. The summed E-state index contributed by atoms with van der Waals surface area (Å²) in [5, 5.41) is 6.73. The van der Waals surface area contributed by atoms with Crippen molar-refractivity contribution in [2.45, 2.75) is 32.4 Å². The van der Waals surface area contributed by atoms with Crippen LogP contribution in [0.1, 0.15) is 35.3 Å². The molecule has 1 aliphatic rings. The highest BCUT2D eigenvalue weighted by Gasteiger charge is 2.49. The fourth-order valence-electron chi connectivity index (χ4n) is 3.26. The second kappa shape index (κ2) is 6.92. The molecule has 7 nitrogen and oxygen atoms in total. The van der Waals surface area contributed by atoms with Crippen molar-refractivity contribution in [3.63, 3.8) is 0 Å². The van der Waals surface area contributed by atoms with E-state index in [9.17, 15) is 9.59 Å². The van der Waals surface area contributed by atoms with Gasteiger partial charge in [0.15, 0.2) is 5.82 Å². The predicted molar refractivity (Wildman–Crippen MR) is 101 cm³/mol. The minimum atomic E-state index is -1.11. The molecule has 1 aromatic heterocycles. The van der Waals surface area contributed by atoms with Gasteiger partial charge < -0.3 is 9.84 Å². The van der Waals surface area contributed by atoms with Crippen molar-refractivity contribution < 1.29 is 14.1 Å². The van der Waals surface area contributed by atoms with Gasteiger partial charge in [-0.05, 0) is 25.0 Å². The van der Waals surface area contributed by atoms with Crippen LogP contribution < -0.4 is 5.32 Å². The van der Waals surface area contributed by atoms with Crippen molar-refractivity contribution in [2.75, 3.05) is 0 Å². The maximum absolute atomic E-state index is 13.0. The highest BCUT2D eigenvalue weighted by Crippen LogP contribution is 2.29. The topological polar surface area (TPSA) is 88.3 Å². The first-order valence-corrected chi connectivity index (χ1v) is 9.02. The molecule has 1 atom stereocenters. The number of amides is 3. The van der Waals surface area contributed by atoms with Gasteiger partial charge in [0.25, 0.3) is 5.91 Å². The Balaban J connectivity index is 1.50. The van der Waals surface area contributed by atoms with Crippen molar-refractivity contribution in [1.29, 1.82) is 0 Å². The van der Waals surface area contributed by atoms with E-state index in [2.05, 4.69) is 15.5 Å². The number of nitrogens with one attached hydrogen (secondary N) is 1. The summed E-state index contributed by atoms with van der Waals surface area (Å²) >= 11 is 0. The first kappa shape index (κ1) is 17.9. The first-order chi connectivity index (χ1) is 13.5. The summed E-state index contributed by atoms with van der Waals surface area (Å²) in [6.45, 7) is 3.61. The van der Waals surface area contributed by atoms with Crippen molar-refractivity contribution >= 4 is 11.9 Å². The van der Waals surface area contributed by atoms with Crippen LogP contribution in [-0.4, -0.2) is 27.0 Å². The summed E-state index contributed by atoms with van der Waals surface area (Å²) in [6, 6.07) is 16.8. The number of urea groups is 1. The molecule has 0 aliphatic carbocycles. The molecule has 1 unspecified atom stereocenters. The third-order valence-corrected chi connectivity index (χ3v) is 4.91. The first-order valence-electron chi connectivity index (χ1n) is 9.02. The SMILES string of the molecule is Cc1ccc(C2(C)NC(=O)N(Cc3nc(Cc4ccccc4)no3)C2=O)cc1. The van der Waals surface area contributed by atoms with E-state index in [1.807, 2.05) is 61.5 Å². The number of carbonyl (C=O) groups excluding carboxylic acids is 2. The third-order valence-electron chi connectivity index (χ3n) is 4.91. The zero-order chi connectivity index (χ0) is 19.7. The zero-order valence-corrected chi connectivity index (χ0v) is 15.7. The standard InChI is InChI=1S/C21H20N4O3/c1-14-8-10-16(11-9-14)21(2)19(26)25(20(27)23-21)13-18-22-17(24-28-18)12-15-6-4-3-5-7-15/h3-11H,12-13H2,1-2H3,(H,23,27). The van der Waals surface area contributed by atoms with E-state index in [0.29, 0.717) is 12.2 Å². The molecule has 2 aromatic carbocycles. The molecular formula is C21H20N4O3. The number of benzene rings is 2. The van der Waals surface area contributed by atoms with E-state index in [1.165, 1.54) is 0 Å². The molecule has 1 aliphatic heterocycles. The summed E-state index contributed by atoms with van der Waals surface area (Å²) < 4.78 is 5.25. The van der Waals surface area contributed by atoms with Crippen LogP contribution in [0, 0.1) is 6.92 Å². The van der Waals surface area contributed by atoms with E-state index in [-0.39, 0.29) is 18.3 Å². The van der Waals surface area contributed by atoms with Gasteiger partial charge in [-0.2, -0.15) is 4.98 Å². The number of imide groups is 1. The summed E-state index contributed by atoms with van der Waals surface area (Å²) in [6.07, 6.45) is 0.519. The van der Waals surface area contributed by atoms with Gasteiger partial charge in [-0.25, -0.2) is 4.79 Å². The average Bonchev–Trinajstić information content (AvgIpc) is 3.21. The molecule has 7 heteroatoms. The van der Waals surface area contributed by atoms with Crippen LogP contribution in [0.5, 0.6) is 0 Å². The zero-order valence-electron chi connectivity index (χ0n) is 15.7. The Kier molecular flexibility index (Phi) is 4.43. The van der Waals surface area contributed by atoms with Crippen LogP contribution in [-0.2, 0) is 23.3 Å². The van der Waals surface area contributed by atoms with Crippen LogP contribution in [0.15, 0.2) is 59.1 Å². The molecule has 0 bridgehead atoms. The number of aromatic nitrogens is 2. The Morgan fingerprint density at radius 1 is 1.07 bits per heavy atom. The molecular weight excluding hydrogens is 356 g/mol. The van der Waals surface area contributed by atoms with Gasteiger partial charge >= 0.3 is 6.03 Å². The van der Waals surface area contributed by atoms with Crippen molar-refractivity contribution in [1.82, 2.24) is 20.4 Å². The van der Waals surface area contributed by atoms with Gasteiger partial charge in [-0.1, -0.05) is 65.3 Å². The Bertz CT molecular complexity index is 1010. The van der Waals surface area contributed by atoms with Crippen LogP contribution in [0.4, 0.5) is 4.79 Å². The monoisotopic (exact) mass is 376 g/mol. The Morgan fingerprint density at radius 3 is 2.50 bits per heavy atom. The molecule has 2 heterocycles. The molecule has 28 heavy (non-hydrogen) atoms. The summed E-state index contributed by atoms with van der Waals surface area (Å²) in [5.41, 5.74) is 1.75. The van der Waals surface area contributed by atoms with Gasteiger partial charge in [0.1, 0.15) is 12.1 Å². The minimum absolute atomic E-state index is 0.0616. The number of aryl methyl sites for hydroxylation is 1. The lowest BCUT2D eigenvalue weighted by molar-refractivity contribution is -0.131. The van der Waals surface area contributed by atoms with E-state index in [0.717, 1.165) is 21.6 Å². The number of hydrogen-bond donors (Lipinski definition) is 1. The maximum Gasteiger partial charge on any atom is 0.325 e. The van der Waals surface area contributed by atoms with Crippen LogP contribution in [0.3, 0.4) is 0 Å². The minimum Gasteiger partial charge on any atom is -0.337 e. The van der Waals surface area contributed by atoms with Crippen LogP contribution in [0.2, 0.25) is 0 Å². The fraction of sp³-hybridized carbons (Fsp3) is 0.238. The van der Waals surface area contributed by atoms with Crippen LogP contribution in [0.25, 0.3) is 0 Å². The molecule has 1 N–H and O–H groups in total. The van der Waals surface area contributed by atoms with Gasteiger partial charge in [0, 0.05) is 6.42 Å². The van der Waals surface area contributed by atoms with Gasteiger partial charge in [-0.15, -0.1) is 0 Å². The molecule has 4 rings (SSSR count). The highest BCUT2D eigenvalue weighted by atomic mass is 16.5. The quantitative estimate of drug-likeness (QED) is 0.692. The Hall–Kier alpha value is -3.48. The molecule has 3 aromatic rings. The van der Waals surface area contributed by atoms with Crippen molar-refractivity contribution in [3.05, 3.63) is 83.0 Å². The molecule has 1 saturated heterocycles. The summed E-state index contributed by atoms with van der Waals surface area (Å²) in [4.78, 5) is 30.9. The average molecular weight is 376 g/mol. The number of rotatable bonds is 5. The second-order valence-electron chi connectivity index (χ2n) is 7.08.